The van der Waals surface area contributed by atoms with Gasteiger partial charge in [-0.2, -0.15) is 9.57 Å². The van der Waals surface area contributed by atoms with E-state index >= 15 is 0 Å². The summed E-state index contributed by atoms with van der Waals surface area (Å²) < 4.78 is 33.2. The summed E-state index contributed by atoms with van der Waals surface area (Å²) in [6, 6.07) is 13.0. The fraction of sp³-hybridized carbons (Fsp3) is 0.250. The van der Waals surface area contributed by atoms with Crippen LogP contribution in [0, 0.1) is 11.5 Å². The molecule has 1 N–H and O–H groups in total. The lowest BCUT2D eigenvalue weighted by molar-refractivity contribution is 0.0963. The average Bonchev–Trinajstić information content (AvgIpc) is 2.79. The number of nitrogens with zero attached hydrogens (tertiary/aromatic N) is 4. The third kappa shape index (κ3) is 5.14. The van der Waals surface area contributed by atoms with Gasteiger partial charge in [0, 0.05) is 33.2 Å². The summed E-state index contributed by atoms with van der Waals surface area (Å²) in [7, 11) is -2.40. The average molecular weight is 462 g/mol. The van der Waals surface area contributed by atoms with Gasteiger partial charge in [0.1, 0.15) is 5.75 Å². The second-order valence-electron chi connectivity index (χ2n) is 6.52. The van der Waals surface area contributed by atoms with Gasteiger partial charge in [-0.15, -0.1) is 4.99 Å². The zero-order valence-electron chi connectivity index (χ0n) is 16.7. The van der Waals surface area contributed by atoms with Gasteiger partial charge in [0.25, 0.3) is 5.91 Å². The fourth-order valence-corrected chi connectivity index (χ4v) is 4.69. The van der Waals surface area contributed by atoms with Crippen LogP contribution in [0.15, 0.2) is 58.4 Å². The number of hydrogen-bond acceptors (Lipinski definition) is 6. The molecule has 0 spiro atoms. The Bertz CT molecular complexity index is 1120. The third-order valence-electron chi connectivity index (χ3n) is 4.65. The van der Waals surface area contributed by atoms with Crippen molar-refractivity contribution >= 4 is 33.6 Å². The molecule has 31 heavy (non-hydrogen) atoms. The van der Waals surface area contributed by atoms with E-state index in [-0.39, 0.29) is 47.7 Å². The topological polar surface area (TPSA) is 115 Å². The number of amidine groups is 1. The molecule has 162 valence electrons. The molecule has 1 aliphatic rings. The van der Waals surface area contributed by atoms with Crippen LogP contribution < -0.4 is 10.1 Å². The van der Waals surface area contributed by atoms with Crippen molar-refractivity contribution in [3.63, 3.8) is 0 Å². The fourth-order valence-electron chi connectivity index (χ4n) is 3.04. The van der Waals surface area contributed by atoms with E-state index < -0.39 is 15.9 Å². The lowest BCUT2D eigenvalue weighted by Crippen LogP contribution is -2.51. The molecule has 2 aromatic rings. The van der Waals surface area contributed by atoms with Gasteiger partial charge in [0.05, 0.1) is 15.5 Å². The van der Waals surface area contributed by atoms with E-state index in [1.807, 2.05) is 6.07 Å². The molecule has 0 saturated carbocycles. The van der Waals surface area contributed by atoms with Gasteiger partial charge in [-0.05, 0) is 30.3 Å². The van der Waals surface area contributed by atoms with Gasteiger partial charge in [0.15, 0.2) is 0 Å². The summed E-state index contributed by atoms with van der Waals surface area (Å²) in [6.45, 7) is 0.872. The molecule has 1 saturated heterocycles. The Morgan fingerprint density at radius 3 is 2.45 bits per heavy atom. The second kappa shape index (κ2) is 9.78. The van der Waals surface area contributed by atoms with Crippen LogP contribution in [0.4, 0.5) is 0 Å². The normalized spacial score (nSPS) is 15.3. The van der Waals surface area contributed by atoms with Crippen molar-refractivity contribution in [2.75, 3.05) is 33.2 Å². The van der Waals surface area contributed by atoms with E-state index in [0.29, 0.717) is 5.75 Å². The van der Waals surface area contributed by atoms with Crippen LogP contribution in [0.3, 0.4) is 0 Å². The molecule has 0 radical (unpaired) electrons. The molecule has 0 aromatic heterocycles. The van der Waals surface area contributed by atoms with Gasteiger partial charge >= 0.3 is 6.02 Å². The zero-order chi connectivity index (χ0) is 22.4. The lowest BCUT2D eigenvalue weighted by Gasteiger charge is -2.34. The van der Waals surface area contributed by atoms with Crippen molar-refractivity contribution < 1.29 is 17.9 Å². The van der Waals surface area contributed by atoms with Crippen LogP contribution in [0.1, 0.15) is 10.4 Å². The Kier molecular flexibility index (Phi) is 7.12. The molecule has 2 aromatic carbocycles. The predicted molar refractivity (Wildman–Crippen MR) is 115 cm³/mol. The summed E-state index contributed by atoms with van der Waals surface area (Å²) in [4.78, 5) is 17.4. The van der Waals surface area contributed by atoms with Crippen molar-refractivity contribution in [2.45, 2.75) is 4.90 Å². The smallest absolute Gasteiger partial charge is 0.308 e. The monoisotopic (exact) mass is 461 g/mol. The van der Waals surface area contributed by atoms with Crippen molar-refractivity contribution in [1.82, 2.24) is 14.5 Å². The highest BCUT2D eigenvalue weighted by Gasteiger charge is 2.31. The number of aliphatic imine (C=N–C) groups is 1. The first-order valence-electron chi connectivity index (χ1n) is 9.33. The van der Waals surface area contributed by atoms with E-state index in [1.165, 1.54) is 29.6 Å². The van der Waals surface area contributed by atoms with Gasteiger partial charge < -0.3 is 15.0 Å². The predicted octanol–water partition coefficient (Wildman–Crippen LogP) is 1.92. The van der Waals surface area contributed by atoms with Crippen LogP contribution in [-0.2, 0) is 10.0 Å². The first-order chi connectivity index (χ1) is 14.9. The minimum absolute atomic E-state index is 0.0181. The lowest BCUT2D eigenvalue weighted by atomic mass is 10.2. The first kappa shape index (κ1) is 22.6. The number of rotatable bonds is 4. The van der Waals surface area contributed by atoms with Crippen LogP contribution in [0.25, 0.3) is 0 Å². The number of sulfonamides is 1. The number of ether oxygens (including phenoxy) is 1. The highest BCUT2D eigenvalue weighted by molar-refractivity contribution is 7.89. The number of hydrogen-bond donors (Lipinski definition) is 1. The highest BCUT2D eigenvalue weighted by atomic mass is 35.5. The second-order valence-corrected chi connectivity index (χ2v) is 8.87. The van der Waals surface area contributed by atoms with Crippen LogP contribution in [-0.4, -0.2) is 62.8 Å². The minimum Gasteiger partial charge on any atom is -0.425 e. The quantitative estimate of drug-likeness (QED) is 0.422. The number of para-hydroxylation sites is 1. The minimum atomic E-state index is -3.84. The van der Waals surface area contributed by atoms with Crippen molar-refractivity contribution in [3.8, 4) is 11.9 Å². The molecule has 11 heteroatoms. The zero-order valence-corrected chi connectivity index (χ0v) is 18.2. The van der Waals surface area contributed by atoms with Crippen LogP contribution >= 0.6 is 11.6 Å². The van der Waals surface area contributed by atoms with Gasteiger partial charge in [-0.25, -0.2) is 8.42 Å². The summed E-state index contributed by atoms with van der Waals surface area (Å²) >= 11 is 6.03. The molecule has 9 nitrogen and oxygen atoms in total. The summed E-state index contributed by atoms with van der Waals surface area (Å²) in [5.41, 5.74) is 0.0866. The number of carbonyl (C=O) groups excluding carboxylic acids is 1. The van der Waals surface area contributed by atoms with Gasteiger partial charge in [0.2, 0.25) is 16.2 Å². The Hall–Kier alpha value is -3.13. The maximum absolute atomic E-state index is 13.1. The molecule has 3 rings (SSSR count). The molecular formula is C20H20ClN5O4S. The van der Waals surface area contributed by atoms with Crippen LogP contribution in [0.5, 0.6) is 5.75 Å². The van der Waals surface area contributed by atoms with Gasteiger partial charge in [-0.1, -0.05) is 29.8 Å². The van der Waals surface area contributed by atoms with E-state index in [4.69, 9.17) is 21.6 Å². The molecule has 1 heterocycles. The van der Waals surface area contributed by atoms with Crippen molar-refractivity contribution in [1.29, 1.82) is 5.26 Å². The number of amides is 1. The number of nitriles is 1. The maximum atomic E-state index is 13.1. The van der Waals surface area contributed by atoms with Crippen LogP contribution in [0.2, 0.25) is 5.02 Å². The maximum Gasteiger partial charge on any atom is 0.308 e. The number of piperazine rings is 1. The molecule has 0 unspecified atom stereocenters. The Labute approximate surface area is 185 Å². The van der Waals surface area contributed by atoms with Gasteiger partial charge in [-0.3, -0.25) is 4.79 Å². The van der Waals surface area contributed by atoms with E-state index in [0.717, 1.165) is 0 Å². The largest absolute Gasteiger partial charge is 0.425 e. The van der Waals surface area contributed by atoms with E-state index in [9.17, 15) is 13.2 Å². The summed E-state index contributed by atoms with van der Waals surface area (Å²) in [5.74, 6) is 0.0525. The molecule has 1 fully saturated rings. The molecule has 0 bridgehead atoms. The number of nitrogens with one attached hydrogen (secondary N) is 1. The Morgan fingerprint density at radius 2 is 1.84 bits per heavy atom. The molecule has 0 atom stereocenters. The molecule has 1 aliphatic heterocycles. The van der Waals surface area contributed by atoms with Crippen molar-refractivity contribution in [3.05, 3.63) is 59.1 Å². The van der Waals surface area contributed by atoms with Crippen molar-refractivity contribution in [2.24, 2.45) is 4.99 Å². The first-order valence-corrected chi connectivity index (χ1v) is 11.1. The SMILES string of the molecule is CNC(=O)c1cc(S(=O)(=O)N2CCN(/C(=N\C#N)Oc3ccccc3)CC2)ccc1Cl. The standard InChI is InChI=1S/C20H20ClN5O4S/c1-23-19(27)17-13-16(7-8-18(17)21)31(28,29)26-11-9-25(10-12-26)20(24-14-22)30-15-5-3-2-4-6-15/h2-8,13H,9-12H2,1H3,(H,23,27)/b24-20+. The Morgan fingerprint density at radius 1 is 1.16 bits per heavy atom. The molecular weight excluding hydrogens is 442 g/mol. The summed E-state index contributed by atoms with van der Waals surface area (Å²) in [6.07, 6.45) is 1.72. The third-order valence-corrected chi connectivity index (χ3v) is 6.88. The number of carbonyl (C=O) groups is 1. The highest BCUT2D eigenvalue weighted by Crippen LogP contribution is 2.24. The Balaban J connectivity index is 1.74. The molecule has 1 amide bonds. The van der Waals surface area contributed by atoms with E-state index in [2.05, 4.69) is 10.3 Å². The summed E-state index contributed by atoms with van der Waals surface area (Å²) in [5, 5.41) is 11.6. The number of halogens is 1. The van der Waals surface area contributed by atoms with E-state index in [1.54, 1.807) is 35.4 Å². The molecule has 0 aliphatic carbocycles. The number of benzene rings is 2.